The Labute approximate surface area is 249 Å². The van der Waals surface area contributed by atoms with Gasteiger partial charge >= 0.3 is 6.03 Å². The summed E-state index contributed by atoms with van der Waals surface area (Å²) < 4.78 is 5.88. The molecule has 1 aliphatic heterocycles. The predicted octanol–water partition coefficient (Wildman–Crippen LogP) is 6.55. The summed E-state index contributed by atoms with van der Waals surface area (Å²) in [5, 5.41) is 15.6. The average molecular weight is 564 g/mol. The molecule has 0 unspecified atom stereocenters. The molecule has 2 atom stereocenters. The molecule has 5 rings (SSSR count). The van der Waals surface area contributed by atoms with Gasteiger partial charge in [-0.2, -0.15) is 0 Å². The maximum absolute atomic E-state index is 14.6. The van der Waals surface area contributed by atoms with Crippen LogP contribution in [0.1, 0.15) is 36.1 Å². The van der Waals surface area contributed by atoms with Gasteiger partial charge in [0.05, 0.1) is 25.3 Å². The number of aliphatic hydroxyl groups is 1. The van der Waals surface area contributed by atoms with E-state index in [1.54, 1.807) is 0 Å². The molecule has 1 heterocycles. The Hall–Kier alpha value is -4.13. The molecule has 1 fully saturated rings. The molecule has 42 heavy (non-hydrogen) atoms. The molecule has 1 N–H and O–H groups in total. The van der Waals surface area contributed by atoms with Crippen LogP contribution < -0.4 is 4.74 Å². The first-order valence-corrected chi connectivity index (χ1v) is 14.8. The minimum absolute atomic E-state index is 0.114. The van der Waals surface area contributed by atoms with Gasteiger partial charge in [-0.3, -0.25) is 5.01 Å². The fraction of sp³-hybridized carbons (Fsp3) is 0.306. The maximum atomic E-state index is 14.6. The number of aliphatic hydroxyl groups excluding tert-OH is 1. The largest absolute Gasteiger partial charge is 0.493 e. The van der Waals surface area contributed by atoms with E-state index in [0.717, 1.165) is 28.0 Å². The molecule has 218 valence electrons. The van der Waals surface area contributed by atoms with E-state index in [-0.39, 0.29) is 6.03 Å². The Morgan fingerprint density at radius 2 is 1.24 bits per heavy atom. The lowest BCUT2D eigenvalue weighted by Gasteiger charge is -2.36. The van der Waals surface area contributed by atoms with E-state index in [0.29, 0.717) is 45.1 Å². The fourth-order valence-corrected chi connectivity index (χ4v) is 5.36. The van der Waals surface area contributed by atoms with Crippen molar-refractivity contribution in [2.24, 2.45) is 5.92 Å². The summed E-state index contributed by atoms with van der Waals surface area (Å²) in [6, 6.07) is 37.7. The van der Waals surface area contributed by atoms with E-state index in [1.165, 1.54) is 0 Å². The molecule has 4 aromatic rings. The molecule has 0 aliphatic carbocycles. The van der Waals surface area contributed by atoms with Crippen LogP contribution in [0.5, 0.6) is 5.75 Å². The number of rotatable bonds is 11. The third kappa shape index (κ3) is 7.78. The van der Waals surface area contributed by atoms with Crippen molar-refractivity contribution < 1.29 is 14.6 Å². The van der Waals surface area contributed by atoms with Crippen molar-refractivity contribution in [1.29, 1.82) is 0 Å². The molecule has 1 aliphatic rings. The first kappa shape index (κ1) is 29.4. The number of benzene rings is 4. The molecule has 6 nitrogen and oxygen atoms in total. The van der Waals surface area contributed by atoms with E-state index in [2.05, 4.69) is 26.0 Å². The Balaban J connectivity index is 1.47. The number of carbonyl (C=O) groups excluding carboxylic acids is 1. The van der Waals surface area contributed by atoms with E-state index in [4.69, 9.17) is 4.74 Å². The molecule has 1 saturated heterocycles. The van der Waals surface area contributed by atoms with Crippen LogP contribution in [-0.2, 0) is 26.1 Å². The van der Waals surface area contributed by atoms with E-state index in [9.17, 15) is 9.90 Å². The van der Waals surface area contributed by atoms with Gasteiger partial charge in [-0.25, -0.2) is 9.80 Å². The van der Waals surface area contributed by atoms with Crippen molar-refractivity contribution in [3.8, 4) is 5.75 Å². The van der Waals surface area contributed by atoms with Gasteiger partial charge in [0, 0.05) is 19.6 Å². The molecule has 0 spiro atoms. The highest BCUT2D eigenvalue weighted by Crippen LogP contribution is 2.26. The van der Waals surface area contributed by atoms with Crippen molar-refractivity contribution in [2.45, 2.75) is 52.0 Å². The van der Waals surface area contributed by atoms with E-state index < -0.39 is 12.1 Å². The minimum atomic E-state index is -0.757. The zero-order valence-corrected chi connectivity index (χ0v) is 24.5. The number of carbonyl (C=O) groups is 1. The quantitative estimate of drug-likeness (QED) is 0.225. The van der Waals surface area contributed by atoms with Gasteiger partial charge in [-0.05, 0) is 46.7 Å². The number of ether oxygens (including phenoxy) is 1. The molecular formula is C36H41N3O3. The Bertz CT molecular complexity index is 1380. The number of amides is 2. The number of β-amino-alcohol motifs (C(OH)–C–C–N with tert-alkyl or cyclic N) is 1. The maximum Gasteiger partial charge on any atom is 0.335 e. The van der Waals surface area contributed by atoms with E-state index >= 15 is 0 Å². The second-order valence-electron chi connectivity index (χ2n) is 11.5. The Morgan fingerprint density at radius 1 is 0.714 bits per heavy atom. The molecule has 0 saturated carbocycles. The van der Waals surface area contributed by atoms with Crippen molar-refractivity contribution in [3.05, 3.63) is 138 Å². The molecule has 0 bridgehead atoms. The second-order valence-corrected chi connectivity index (χ2v) is 11.5. The van der Waals surface area contributed by atoms with Crippen LogP contribution in [0.3, 0.4) is 0 Å². The summed E-state index contributed by atoms with van der Waals surface area (Å²) in [6.07, 6.45) is -0.192. The van der Waals surface area contributed by atoms with Gasteiger partial charge in [0.25, 0.3) is 0 Å². The van der Waals surface area contributed by atoms with Crippen LogP contribution in [0.15, 0.2) is 115 Å². The van der Waals surface area contributed by atoms with Crippen LogP contribution in [-0.4, -0.2) is 51.4 Å². The lowest BCUT2D eigenvalue weighted by molar-refractivity contribution is -0.0213. The molecule has 4 aromatic carbocycles. The minimum Gasteiger partial charge on any atom is -0.493 e. The van der Waals surface area contributed by atoms with Crippen molar-refractivity contribution >= 4 is 6.03 Å². The van der Waals surface area contributed by atoms with Gasteiger partial charge in [-0.15, -0.1) is 0 Å². The third-order valence-electron chi connectivity index (χ3n) is 7.58. The Morgan fingerprint density at radius 3 is 1.81 bits per heavy atom. The summed E-state index contributed by atoms with van der Waals surface area (Å²) in [5.41, 5.74) is 4.19. The monoisotopic (exact) mass is 563 g/mol. The van der Waals surface area contributed by atoms with Gasteiger partial charge < -0.3 is 14.7 Å². The topological polar surface area (TPSA) is 56.3 Å². The fourth-order valence-electron chi connectivity index (χ4n) is 5.36. The number of hydrazine groups is 1. The number of hydrogen-bond acceptors (Lipinski definition) is 4. The molecular weight excluding hydrogens is 522 g/mol. The first-order chi connectivity index (χ1) is 20.5. The normalized spacial score (nSPS) is 17.9. The van der Waals surface area contributed by atoms with Crippen molar-refractivity contribution in [2.75, 3.05) is 13.2 Å². The standard InChI is InChI=1S/C36H41N3O3/c1-28(2)27-42-33-20-18-32(19-21-33)23-37-26-35(40)34(22-29-12-6-3-7-13-29)38(24-30-14-8-4-9-15-30)36(41)39(37)25-31-16-10-5-11-17-31/h3-21,28,34-35,40H,22-27H2,1-2H3/t34-,35-/m0/s1. The number of nitrogens with zero attached hydrogens (tertiary/aromatic N) is 3. The van der Waals surface area contributed by atoms with Crippen molar-refractivity contribution in [1.82, 2.24) is 14.9 Å². The van der Waals surface area contributed by atoms with Crippen LogP contribution >= 0.6 is 0 Å². The third-order valence-corrected chi connectivity index (χ3v) is 7.58. The number of hydrogen-bond donors (Lipinski definition) is 1. The second kappa shape index (κ2) is 14.2. The molecule has 6 heteroatoms. The lowest BCUT2D eigenvalue weighted by Crippen LogP contribution is -2.51. The predicted molar refractivity (Wildman–Crippen MR) is 166 cm³/mol. The summed E-state index contributed by atoms with van der Waals surface area (Å²) in [7, 11) is 0. The zero-order valence-electron chi connectivity index (χ0n) is 24.5. The molecule has 2 amide bonds. The molecule has 0 aromatic heterocycles. The Kier molecular flexibility index (Phi) is 9.90. The first-order valence-electron chi connectivity index (χ1n) is 14.8. The van der Waals surface area contributed by atoms with Gasteiger partial charge in [0.15, 0.2) is 0 Å². The van der Waals surface area contributed by atoms with Crippen LogP contribution in [0.25, 0.3) is 0 Å². The summed E-state index contributed by atoms with van der Waals surface area (Å²) in [5.74, 6) is 1.28. The van der Waals surface area contributed by atoms with E-state index in [1.807, 2.05) is 118 Å². The lowest BCUT2D eigenvalue weighted by atomic mass is 9.99. The van der Waals surface area contributed by atoms with Crippen LogP contribution in [0.2, 0.25) is 0 Å². The highest BCUT2D eigenvalue weighted by Gasteiger charge is 2.40. The van der Waals surface area contributed by atoms with Crippen LogP contribution in [0.4, 0.5) is 4.79 Å². The van der Waals surface area contributed by atoms with Crippen LogP contribution in [0, 0.1) is 5.92 Å². The average Bonchev–Trinajstić information content (AvgIpc) is 3.09. The highest BCUT2D eigenvalue weighted by atomic mass is 16.5. The van der Waals surface area contributed by atoms with Gasteiger partial charge in [0.1, 0.15) is 5.75 Å². The van der Waals surface area contributed by atoms with Crippen molar-refractivity contribution in [3.63, 3.8) is 0 Å². The number of urea groups is 1. The van der Waals surface area contributed by atoms with Gasteiger partial charge in [0.2, 0.25) is 0 Å². The summed E-state index contributed by atoms with van der Waals surface area (Å²) >= 11 is 0. The summed E-state index contributed by atoms with van der Waals surface area (Å²) in [4.78, 5) is 16.4. The SMILES string of the molecule is CC(C)COc1ccc(CN2C[C@H](O)[C@H](Cc3ccccc3)N(Cc3ccccc3)C(=O)N2Cc2ccccc2)cc1. The smallest absolute Gasteiger partial charge is 0.335 e. The van der Waals surface area contributed by atoms with Gasteiger partial charge in [-0.1, -0.05) is 117 Å². The molecule has 0 radical (unpaired) electrons. The highest BCUT2D eigenvalue weighted by molar-refractivity contribution is 5.75. The zero-order chi connectivity index (χ0) is 29.3. The summed E-state index contributed by atoms with van der Waals surface area (Å²) in [6.45, 7) is 6.55.